The molecule has 0 heterocycles. The molecule has 0 atom stereocenters. The van der Waals surface area contributed by atoms with Gasteiger partial charge in [-0.1, -0.05) is 156 Å². The van der Waals surface area contributed by atoms with Gasteiger partial charge < -0.3 is 29.5 Å². The summed E-state index contributed by atoms with van der Waals surface area (Å²) in [7, 11) is 0. The quantitative estimate of drug-likeness (QED) is 0.0563. The number of rotatable bonds is 39. The topological polar surface area (TPSA) is 88.4 Å². The van der Waals surface area contributed by atoms with Gasteiger partial charge in [0.1, 0.15) is 0 Å². The molecule has 0 amide bonds. The molecule has 3 N–H and O–H groups in total. The van der Waals surface area contributed by atoms with E-state index in [0.717, 1.165) is 13.2 Å². The first-order valence-electron chi connectivity index (χ1n) is 20.6. The number of hydrogen-bond donors (Lipinski definition) is 3. The molecule has 0 aromatic carbocycles. The van der Waals surface area contributed by atoms with Crippen molar-refractivity contribution in [3.8, 4) is 0 Å². The summed E-state index contributed by atoms with van der Waals surface area (Å²) in [4.78, 5) is 0. The third-order valence-electron chi connectivity index (χ3n) is 10.0. The van der Waals surface area contributed by atoms with E-state index in [9.17, 15) is 15.3 Å². The van der Waals surface area contributed by atoms with Crippen LogP contribution in [0.4, 0.5) is 0 Å². The standard InChI is InChI=1S/C41H84O6/c1-5-9-13-17-21-25-38(26-22-18-14-10-6-2)29-45-31-40(33-47-37-41(34-42,35-43)36-44)32-46-30-39(27-23-19-15-11-7-3)28-24-20-16-12-8-4/h38-40,42-44H,5-37H2,1-4H3. The zero-order valence-corrected chi connectivity index (χ0v) is 32.1. The Labute approximate surface area is 293 Å². The lowest BCUT2D eigenvalue weighted by Crippen LogP contribution is -2.39. The van der Waals surface area contributed by atoms with E-state index in [4.69, 9.17) is 14.2 Å². The Balaban J connectivity index is 5.15. The third-order valence-corrected chi connectivity index (χ3v) is 10.0. The maximum Gasteiger partial charge on any atom is 0.0629 e. The minimum Gasteiger partial charge on any atom is -0.396 e. The molecule has 0 unspecified atom stereocenters. The van der Waals surface area contributed by atoms with Crippen LogP contribution in [0.15, 0.2) is 0 Å². The largest absolute Gasteiger partial charge is 0.396 e. The van der Waals surface area contributed by atoms with E-state index in [1.165, 1.54) is 154 Å². The maximum absolute atomic E-state index is 9.77. The molecule has 6 nitrogen and oxygen atoms in total. The fraction of sp³-hybridized carbons (Fsp3) is 1.00. The highest BCUT2D eigenvalue weighted by atomic mass is 16.5. The monoisotopic (exact) mass is 673 g/mol. The van der Waals surface area contributed by atoms with Gasteiger partial charge in [-0.3, -0.25) is 0 Å². The van der Waals surface area contributed by atoms with E-state index < -0.39 is 5.41 Å². The molecule has 0 saturated carbocycles. The van der Waals surface area contributed by atoms with Gasteiger partial charge in [0.2, 0.25) is 0 Å². The van der Waals surface area contributed by atoms with Crippen molar-refractivity contribution in [3.05, 3.63) is 0 Å². The van der Waals surface area contributed by atoms with Gasteiger partial charge in [0, 0.05) is 19.1 Å². The molecule has 0 aliphatic carbocycles. The van der Waals surface area contributed by atoms with E-state index in [1.807, 2.05) is 0 Å². The van der Waals surface area contributed by atoms with Crippen LogP contribution >= 0.6 is 0 Å². The lowest BCUT2D eigenvalue weighted by molar-refractivity contribution is -0.0790. The Hall–Kier alpha value is -0.240. The van der Waals surface area contributed by atoms with Crippen molar-refractivity contribution in [2.75, 3.05) is 59.5 Å². The molecule has 0 fully saturated rings. The van der Waals surface area contributed by atoms with Gasteiger partial charge in [-0.2, -0.15) is 0 Å². The lowest BCUT2D eigenvalue weighted by atomic mass is 9.92. The second kappa shape index (κ2) is 35.6. The SMILES string of the molecule is CCCCCCCC(CCCCCCC)COCC(COCC(CCCCCCC)CCCCCCC)COCC(CO)(CO)CO. The zero-order chi connectivity index (χ0) is 34.7. The summed E-state index contributed by atoms with van der Waals surface area (Å²) in [6.45, 7) is 11.5. The van der Waals surface area contributed by atoms with Crippen molar-refractivity contribution >= 4 is 0 Å². The molecule has 0 rings (SSSR count). The van der Waals surface area contributed by atoms with Crippen LogP contribution in [0.25, 0.3) is 0 Å². The fourth-order valence-corrected chi connectivity index (χ4v) is 6.44. The van der Waals surface area contributed by atoms with Gasteiger partial charge in [-0.15, -0.1) is 0 Å². The van der Waals surface area contributed by atoms with Crippen LogP contribution in [0.1, 0.15) is 182 Å². The Morgan fingerprint density at radius 3 is 0.936 bits per heavy atom. The summed E-state index contributed by atoms with van der Waals surface area (Å²) in [6, 6.07) is 0. The number of aliphatic hydroxyl groups excluding tert-OH is 3. The molecule has 0 radical (unpaired) electrons. The van der Waals surface area contributed by atoms with Crippen LogP contribution in [0.5, 0.6) is 0 Å². The van der Waals surface area contributed by atoms with Crippen LogP contribution in [0.3, 0.4) is 0 Å². The van der Waals surface area contributed by atoms with E-state index in [2.05, 4.69) is 27.7 Å². The minimum atomic E-state index is -1.02. The van der Waals surface area contributed by atoms with Gasteiger partial charge in [0.25, 0.3) is 0 Å². The molecular formula is C41H84O6. The number of unbranched alkanes of at least 4 members (excludes halogenated alkanes) is 16. The van der Waals surface area contributed by atoms with Crippen molar-refractivity contribution < 1.29 is 29.5 Å². The first-order valence-corrected chi connectivity index (χ1v) is 20.6. The van der Waals surface area contributed by atoms with Crippen LogP contribution in [0.2, 0.25) is 0 Å². The Morgan fingerprint density at radius 1 is 0.362 bits per heavy atom. The van der Waals surface area contributed by atoms with Crippen molar-refractivity contribution in [2.24, 2.45) is 23.2 Å². The molecule has 0 aliphatic rings. The predicted octanol–water partition coefficient (Wildman–Crippen LogP) is 10.3. The molecule has 0 bridgehead atoms. The summed E-state index contributed by atoms with van der Waals surface area (Å²) in [5.41, 5.74) is -1.02. The average Bonchev–Trinajstić information content (AvgIpc) is 3.09. The Kier molecular flexibility index (Phi) is 35.4. The second-order valence-electron chi connectivity index (χ2n) is 15.0. The van der Waals surface area contributed by atoms with E-state index in [0.29, 0.717) is 31.7 Å². The molecule has 0 spiro atoms. The first kappa shape index (κ1) is 46.8. The van der Waals surface area contributed by atoms with Gasteiger partial charge in [-0.25, -0.2) is 0 Å². The Morgan fingerprint density at radius 2 is 0.638 bits per heavy atom. The zero-order valence-electron chi connectivity index (χ0n) is 32.1. The molecule has 284 valence electrons. The second-order valence-corrected chi connectivity index (χ2v) is 15.0. The molecular weight excluding hydrogens is 588 g/mol. The van der Waals surface area contributed by atoms with Gasteiger partial charge in [0.05, 0.1) is 51.7 Å². The number of aliphatic hydroxyl groups is 3. The van der Waals surface area contributed by atoms with Crippen molar-refractivity contribution in [1.29, 1.82) is 0 Å². The highest BCUT2D eigenvalue weighted by Crippen LogP contribution is 2.22. The predicted molar refractivity (Wildman–Crippen MR) is 200 cm³/mol. The summed E-state index contributed by atoms with van der Waals surface area (Å²) in [5, 5.41) is 29.3. The van der Waals surface area contributed by atoms with E-state index in [1.54, 1.807) is 0 Å². The van der Waals surface area contributed by atoms with Crippen molar-refractivity contribution in [2.45, 2.75) is 182 Å². The Bertz CT molecular complexity index is 524. The van der Waals surface area contributed by atoms with Crippen LogP contribution in [-0.4, -0.2) is 74.8 Å². The van der Waals surface area contributed by atoms with E-state index in [-0.39, 0.29) is 32.3 Å². The smallest absolute Gasteiger partial charge is 0.0629 e. The van der Waals surface area contributed by atoms with Gasteiger partial charge >= 0.3 is 0 Å². The van der Waals surface area contributed by atoms with Gasteiger partial charge in [-0.05, 0) is 37.5 Å². The van der Waals surface area contributed by atoms with Crippen LogP contribution in [-0.2, 0) is 14.2 Å². The highest BCUT2D eigenvalue weighted by molar-refractivity contribution is 4.77. The molecule has 0 aromatic heterocycles. The molecule has 0 aliphatic heterocycles. The van der Waals surface area contributed by atoms with Crippen LogP contribution < -0.4 is 0 Å². The molecule has 0 aromatic rings. The minimum absolute atomic E-state index is 0.0771. The lowest BCUT2D eigenvalue weighted by Gasteiger charge is -2.28. The third kappa shape index (κ3) is 28.2. The summed E-state index contributed by atoms with van der Waals surface area (Å²) in [6.07, 6.45) is 31.3. The maximum atomic E-state index is 9.77. The number of hydrogen-bond acceptors (Lipinski definition) is 6. The number of ether oxygens (including phenoxy) is 3. The molecule has 47 heavy (non-hydrogen) atoms. The highest BCUT2D eigenvalue weighted by Gasteiger charge is 2.29. The van der Waals surface area contributed by atoms with Gasteiger partial charge in [0.15, 0.2) is 0 Å². The van der Waals surface area contributed by atoms with Crippen molar-refractivity contribution in [1.82, 2.24) is 0 Å². The fourth-order valence-electron chi connectivity index (χ4n) is 6.44. The normalized spacial score (nSPS) is 12.4. The van der Waals surface area contributed by atoms with E-state index >= 15 is 0 Å². The first-order chi connectivity index (χ1) is 23.0. The van der Waals surface area contributed by atoms with Crippen LogP contribution in [0, 0.1) is 23.2 Å². The summed E-state index contributed by atoms with van der Waals surface area (Å²) in [5.74, 6) is 1.29. The molecule has 6 heteroatoms. The molecule has 0 saturated heterocycles. The summed E-state index contributed by atoms with van der Waals surface area (Å²) < 4.78 is 18.9. The van der Waals surface area contributed by atoms with Crippen molar-refractivity contribution in [3.63, 3.8) is 0 Å². The average molecular weight is 673 g/mol. The summed E-state index contributed by atoms with van der Waals surface area (Å²) >= 11 is 0.